The Morgan fingerprint density at radius 1 is 1.44 bits per heavy atom. The molecular formula is C12H12BrN3OS. The van der Waals surface area contributed by atoms with Crippen LogP contribution in [-0.4, -0.2) is 27.2 Å². The molecule has 1 aliphatic heterocycles. The Morgan fingerprint density at radius 3 is 2.89 bits per heavy atom. The fraction of sp³-hybridized carbons (Fsp3) is 0.417. The normalized spacial score (nSPS) is 20.1. The van der Waals surface area contributed by atoms with Crippen molar-refractivity contribution < 1.29 is 4.79 Å². The lowest BCUT2D eigenvalue weighted by Crippen LogP contribution is -2.25. The Bertz CT molecular complexity index is 640. The largest absolute Gasteiger partial charge is 0.295 e. The van der Waals surface area contributed by atoms with Gasteiger partial charge in [-0.2, -0.15) is 0 Å². The minimum absolute atomic E-state index is 0.125. The van der Waals surface area contributed by atoms with Crippen LogP contribution in [0.3, 0.4) is 0 Å². The van der Waals surface area contributed by atoms with E-state index in [9.17, 15) is 4.79 Å². The maximum absolute atomic E-state index is 12.0. The van der Waals surface area contributed by atoms with Gasteiger partial charge in [-0.3, -0.25) is 9.69 Å². The Balaban J connectivity index is 2.20. The number of thiophene rings is 1. The van der Waals surface area contributed by atoms with Crippen molar-refractivity contribution in [1.29, 1.82) is 0 Å². The molecule has 0 aliphatic carbocycles. The number of alkyl halides is 1. The highest BCUT2D eigenvalue weighted by Crippen LogP contribution is 2.36. The number of carbonyl (C=O) groups excluding carboxylic acids is 1. The van der Waals surface area contributed by atoms with Crippen LogP contribution in [-0.2, 0) is 4.79 Å². The van der Waals surface area contributed by atoms with Crippen molar-refractivity contribution in [2.75, 3.05) is 11.4 Å². The van der Waals surface area contributed by atoms with Crippen LogP contribution in [0.1, 0.15) is 16.9 Å². The van der Waals surface area contributed by atoms with Crippen LogP contribution < -0.4 is 4.90 Å². The molecule has 18 heavy (non-hydrogen) atoms. The number of carbonyl (C=O) groups is 1. The molecule has 0 N–H and O–H groups in total. The average molecular weight is 326 g/mol. The summed E-state index contributed by atoms with van der Waals surface area (Å²) in [5, 5.41) is 1.02. The van der Waals surface area contributed by atoms with Crippen molar-refractivity contribution in [3.05, 3.63) is 16.8 Å². The fourth-order valence-corrected chi connectivity index (χ4v) is 3.80. The van der Waals surface area contributed by atoms with Crippen molar-refractivity contribution in [3.63, 3.8) is 0 Å². The van der Waals surface area contributed by atoms with E-state index in [2.05, 4.69) is 39.7 Å². The van der Waals surface area contributed by atoms with E-state index in [0.717, 1.165) is 16.0 Å². The highest BCUT2D eigenvalue weighted by Gasteiger charge is 2.31. The SMILES string of the molecule is Cc1sc2ncnc(N3CC(Br)CC3=O)c2c1C. The van der Waals surface area contributed by atoms with Crippen LogP contribution in [0.5, 0.6) is 0 Å². The summed E-state index contributed by atoms with van der Waals surface area (Å²) in [4.78, 5) is 24.8. The molecule has 1 aliphatic rings. The van der Waals surface area contributed by atoms with E-state index in [1.54, 1.807) is 22.6 Å². The van der Waals surface area contributed by atoms with Gasteiger partial charge < -0.3 is 0 Å². The zero-order valence-corrected chi connectivity index (χ0v) is 12.5. The van der Waals surface area contributed by atoms with E-state index >= 15 is 0 Å². The molecule has 0 saturated carbocycles. The Morgan fingerprint density at radius 2 is 2.22 bits per heavy atom. The summed E-state index contributed by atoms with van der Waals surface area (Å²) in [6.07, 6.45) is 2.08. The first-order valence-electron chi connectivity index (χ1n) is 5.73. The third-order valence-corrected chi connectivity index (χ3v) is 5.01. The number of anilines is 1. The molecule has 4 nitrogen and oxygen atoms in total. The third kappa shape index (κ3) is 1.75. The minimum Gasteiger partial charge on any atom is -0.295 e. The Hall–Kier alpha value is -1.01. The predicted molar refractivity (Wildman–Crippen MR) is 76.6 cm³/mol. The van der Waals surface area contributed by atoms with E-state index in [0.29, 0.717) is 13.0 Å². The van der Waals surface area contributed by atoms with Gasteiger partial charge in [0.25, 0.3) is 0 Å². The Labute approximate surface area is 117 Å². The van der Waals surface area contributed by atoms with Gasteiger partial charge in [-0.1, -0.05) is 15.9 Å². The first-order chi connectivity index (χ1) is 8.58. The molecule has 0 aromatic carbocycles. The molecule has 3 rings (SSSR count). The summed E-state index contributed by atoms with van der Waals surface area (Å²) in [5.74, 6) is 0.883. The molecule has 1 unspecified atom stereocenters. The topological polar surface area (TPSA) is 46.1 Å². The van der Waals surface area contributed by atoms with E-state index in [4.69, 9.17) is 0 Å². The number of aryl methyl sites for hydroxylation is 2. The summed E-state index contributed by atoms with van der Waals surface area (Å²) in [7, 11) is 0. The second-order valence-corrected chi connectivity index (χ2v) is 6.96. The van der Waals surface area contributed by atoms with Gasteiger partial charge in [0.15, 0.2) is 0 Å². The van der Waals surface area contributed by atoms with Crippen molar-refractivity contribution in [2.24, 2.45) is 0 Å². The molecule has 1 fully saturated rings. The van der Waals surface area contributed by atoms with E-state index in [1.807, 2.05) is 0 Å². The van der Waals surface area contributed by atoms with Gasteiger partial charge in [-0.25, -0.2) is 9.97 Å². The molecule has 0 spiro atoms. The summed E-state index contributed by atoms with van der Waals surface area (Å²) in [6, 6.07) is 0. The maximum atomic E-state index is 12.0. The number of fused-ring (bicyclic) bond motifs is 1. The zero-order chi connectivity index (χ0) is 12.9. The van der Waals surface area contributed by atoms with Crippen LogP contribution in [0.25, 0.3) is 10.2 Å². The van der Waals surface area contributed by atoms with E-state index < -0.39 is 0 Å². The molecule has 1 atom stereocenters. The zero-order valence-electron chi connectivity index (χ0n) is 10.1. The van der Waals surface area contributed by atoms with Crippen LogP contribution in [0, 0.1) is 13.8 Å². The lowest BCUT2D eigenvalue weighted by molar-refractivity contribution is -0.117. The first kappa shape index (κ1) is 12.0. The van der Waals surface area contributed by atoms with Crippen LogP contribution in [0.4, 0.5) is 5.82 Å². The molecule has 0 bridgehead atoms. The van der Waals surface area contributed by atoms with Crippen molar-refractivity contribution >= 4 is 49.2 Å². The van der Waals surface area contributed by atoms with Crippen molar-refractivity contribution in [2.45, 2.75) is 25.1 Å². The molecule has 1 saturated heterocycles. The van der Waals surface area contributed by atoms with E-state index in [-0.39, 0.29) is 10.7 Å². The van der Waals surface area contributed by atoms with Gasteiger partial charge in [-0.15, -0.1) is 11.3 Å². The predicted octanol–water partition coefficient (Wildman–Crippen LogP) is 2.81. The summed E-state index contributed by atoms with van der Waals surface area (Å²) in [5.41, 5.74) is 1.18. The lowest BCUT2D eigenvalue weighted by Gasteiger charge is -2.15. The van der Waals surface area contributed by atoms with Crippen LogP contribution >= 0.6 is 27.3 Å². The molecule has 2 aromatic rings. The summed E-state index contributed by atoms with van der Waals surface area (Å²) in [6.45, 7) is 4.82. The molecule has 6 heteroatoms. The van der Waals surface area contributed by atoms with E-state index in [1.165, 1.54) is 10.4 Å². The van der Waals surface area contributed by atoms with Gasteiger partial charge in [0.2, 0.25) is 5.91 Å². The van der Waals surface area contributed by atoms with Gasteiger partial charge in [0.05, 0.1) is 5.39 Å². The van der Waals surface area contributed by atoms with Gasteiger partial charge >= 0.3 is 0 Å². The van der Waals surface area contributed by atoms with Crippen LogP contribution in [0.2, 0.25) is 0 Å². The molecule has 2 aromatic heterocycles. The number of hydrogen-bond acceptors (Lipinski definition) is 4. The monoisotopic (exact) mass is 325 g/mol. The standard InChI is InChI=1S/C12H12BrN3OS/c1-6-7(2)18-12-10(6)11(14-5-15-12)16-4-8(13)3-9(16)17/h5,8H,3-4H2,1-2H3. The number of amides is 1. The fourth-order valence-electron chi connectivity index (χ4n) is 2.24. The van der Waals surface area contributed by atoms with Crippen LogP contribution in [0.15, 0.2) is 6.33 Å². The Kier molecular flexibility index (Phi) is 2.86. The average Bonchev–Trinajstić information content (AvgIpc) is 2.80. The molecule has 3 heterocycles. The second kappa shape index (κ2) is 4.28. The lowest BCUT2D eigenvalue weighted by atomic mass is 10.2. The first-order valence-corrected chi connectivity index (χ1v) is 7.46. The quantitative estimate of drug-likeness (QED) is 0.757. The molecule has 0 radical (unpaired) electrons. The highest BCUT2D eigenvalue weighted by molar-refractivity contribution is 9.09. The number of halogens is 1. The molecule has 94 valence electrons. The summed E-state index contributed by atoms with van der Waals surface area (Å²) >= 11 is 5.15. The molecule has 1 amide bonds. The smallest absolute Gasteiger partial charge is 0.229 e. The van der Waals surface area contributed by atoms with Gasteiger partial charge in [0, 0.05) is 22.7 Å². The number of aromatic nitrogens is 2. The summed E-state index contributed by atoms with van der Waals surface area (Å²) < 4.78 is 0. The maximum Gasteiger partial charge on any atom is 0.229 e. The number of nitrogens with zero attached hydrogens (tertiary/aromatic N) is 3. The van der Waals surface area contributed by atoms with Gasteiger partial charge in [-0.05, 0) is 19.4 Å². The molecular weight excluding hydrogens is 314 g/mol. The minimum atomic E-state index is 0.125. The highest BCUT2D eigenvalue weighted by atomic mass is 79.9. The van der Waals surface area contributed by atoms with Gasteiger partial charge in [0.1, 0.15) is 17.0 Å². The van der Waals surface area contributed by atoms with Crippen molar-refractivity contribution in [3.8, 4) is 0 Å². The second-order valence-electron chi connectivity index (χ2n) is 4.47. The third-order valence-electron chi connectivity index (χ3n) is 3.28. The van der Waals surface area contributed by atoms with Crippen molar-refractivity contribution in [1.82, 2.24) is 9.97 Å². The number of hydrogen-bond donors (Lipinski definition) is 0. The number of rotatable bonds is 1.